The van der Waals surface area contributed by atoms with E-state index >= 15 is 0 Å². The van der Waals surface area contributed by atoms with E-state index in [0.29, 0.717) is 19.5 Å². The van der Waals surface area contributed by atoms with Crippen LogP contribution in [0.2, 0.25) is 0 Å². The summed E-state index contributed by atoms with van der Waals surface area (Å²) in [6, 6.07) is 8.36. The van der Waals surface area contributed by atoms with E-state index in [0.717, 1.165) is 35.7 Å². The van der Waals surface area contributed by atoms with Crippen LogP contribution in [0.25, 0.3) is 10.9 Å². The van der Waals surface area contributed by atoms with Crippen LogP contribution >= 0.6 is 0 Å². The van der Waals surface area contributed by atoms with Gasteiger partial charge in [0.25, 0.3) is 0 Å². The van der Waals surface area contributed by atoms with Gasteiger partial charge < -0.3 is 29.7 Å². The molecule has 1 aliphatic heterocycles. The van der Waals surface area contributed by atoms with E-state index in [1.165, 1.54) is 0 Å². The van der Waals surface area contributed by atoms with E-state index in [9.17, 15) is 19.5 Å². The van der Waals surface area contributed by atoms with E-state index in [1.807, 2.05) is 82.8 Å². The maximum absolute atomic E-state index is 14.2. The molecule has 3 N–H and O–H groups in total. The van der Waals surface area contributed by atoms with Crippen molar-refractivity contribution in [2.24, 2.45) is 23.7 Å². The van der Waals surface area contributed by atoms with Gasteiger partial charge in [0.1, 0.15) is 12.3 Å². The highest BCUT2D eigenvalue weighted by Gasteiger charge is 2.43. The first-order valence-electron chi connectivity index (χ1n) is 19.9. The monoisotopic (exact) mass is 755 g/mol. The summed E-state index contributed by atoms with van der Waals surface area (Å²) in [5.41, 5.74) is 2.08. The van der Waals surface area contributed by atoms with E-state index in [1.54, 1.807) is 32.4 Å². The highest BCUT2D eigenvalue weighted by Crippen LogP contribution is 2.30. The number of para-hydroxylation sites is 1. The number of amides is 3. The zero-order valence-corrected chi connectivity index (χ0v) is 35.0. The molecule has 54 heavy (non-hydrogen) atoms. The molecule has 12 heteroatoms. The lowest BCUT2D eigenvalue weighted by Gasteiger charge is -2.41. The number of rotatable bonds is 21. The zero-order valence-electron chi connectivity index (χ0n) is 35.0. The number of aliphatic hydroxyl groups is 1. The molecule has 1 aliphatic rings. The Morgan fingerprint density at radius 2 is 1.69 bits per heavy atom. The molecule has 0 spiro atoms. The summed E-state index contributed by atoms with van der Waals surface area (Å²) in [4.78, 5) is 51.9. The van der Waals surface area contributed by atoms with E-state index < -0.39 is 30.5 Å². The van der Waals surface area contributed by atoms with Gasteiger partial charge in [-0.3, -0.25) is 29.6 Å². The van der Waals surface area contributed by atoms with E-state index in [4.69, 9.17) is 9.47 Å². The van der Waals surface area contributed by atoms with Crippen LogP contribution in [0, 0.1) is 23.7 Å². The predicted octanol–water partition coefficient (Wildman–Crippen LogP) is 4.33. The van der Waals surface area contributed by atoms with Gasteiger partial charge in [0.05, 0.1) is 42.3 Å². The lowest BCUT2D eigenvalue weighted by Crippen LogP contribution is -2.59. The average Bonchev–Trinajstić information content (AvgIpc) is 3.62. The minimum absolute atomic E-state index is 0.0115. The van der Waals surface area contributed by atoms with Crippen LogP contribution < -0.4 is 10.6 Å². The SMILES string of the molecule is CC[C@H](C)C([C@@H](CC(=O)N1CCC[C@H]1[C@H](OC)[C@@H](C)C(O)NCCc1cccc2cccnc12)OC)N(C)C(=O)[C@@H](NC(=O)[C@H](C(C)C)N(C)C)C(C)C. The Hall–Kier alpha value is -3.16. The zero-order chi connectivity index (χ0) is 40.3. The van der Waals surface area contributed by atoms with Crippen LogP contribution in [0.4, 0.5) is 0 Å². The molecule has 1 fully saturated rings. The second kappa shape index (κ2) is 21.2. The Morgan fingerprint density at radius 1 is 1.00 bits per heavy atom. The van der Waals surface area contributed by atoms with Crippen molar-refractivity contribution < 1.29 is 29.0 Å². The summed E-state index contributed by atoms with van der Waals surface area (Å²) in [5.74, 6) is -0.846. The molecule has 12 nitrogen and oxygen atoms in total. The van der Waals surface area contributed by atoms with Crippen LogP contribution in [0.15, 0.2) is 36.5 Å². The first kappa shape index (κ1) is 45.2. The Bertz CT molecular complexity index is 1470. The van der Waals surface area contributed by atoms with Gasteiger partial charge in [0, 0.05) is 51.9 Å². The standard InChI is InChI=1S/C42H70N6O6/c1-13-28(6)38(47(10)42(52)35(26(2)3)45-41(51)37(27(4)5)46(8)9)33(53-11)25-34(49)48-24-16-20-32(48)39(54-12)29(7)40(50)44-23-21-31-18-14-17-30-19-15-22-43-36(30)31/h14-15,17-19,22,26-29,32-33,35,37-40,44,50H,13,16,20-21,23-25H2,1-12H3,(H,45,51)/t28-,29+,32-,33+,35-,37-,38?,39+,40?/m0/s1. The minimum Gasteiger partial charge on any atom is -0.379 e. The number of methoxy groups -OCH3 is 2. The topological polar surface area (TPSA) is 137 Å². The van der Waals surface area contributed by atoms with Gasteiger partial charge in [-0.1, -0.05) is 79.2 Å². The molecule has 0 aliphatic carbocycles. The maximum atomic E-state index is 14.2. The lowest BCUT2D eigenvalue weighted by atomic mass is 9.89. The molecule has 0 saturated carbocycles. The fourth-order valence-corrected chi connectivity index (χ4v) is 8.38. The molecule has 1 aromatic heterocycles. The third-order valence-corrected chi connectivity index (χ3v) is 11.5. The van der Waals surface area contributed by atoms with Crippen molar-refractivity contribution in [2.75, 3.05) is 48.5 Å². The number of carbonyl (C=O) groups excluding carboxylic acids is 3. The minimum atomic E-state index is -0.848. The quantitative estimate of drug-likeness (QED) is 0.159. The highest BCUT2D eigenvalue weighted by atomic mass is 16.5. The molecule has 3 amide bonds. The molecule has 3 rings (SSSR count). The third-order valence-electron chi connectivity index (χ3n) is 11.5. The molecule has 9 atom stereocenters. The van der Waals surface area contributed by atoms with Crippen molar-refractivity contribution >= 4 is 28.6 Å². The van der Waals surface area contributed by atoms with Crippen molar-refractivity contribution in [1.29, 1.82) is 0 Å². The fraction of sp³-hybridized carbons (Fsp3) is 0.714. The van der Waals surface area contributed by atoms with Crippen LogP contribution in [-0.4, -0.2) is 134 Å². The first-order chi connectivity index (χ1) is 25.6. The molecule has 1 aromatic carbocycles. The summed E-state index contributed by atoms with van der Waals surface area (Å²) in [7, 11) is 8.73. The number of likely N-dealkylation sites (tertiary alicyclic amines) is 1. The maximum Gasteiger partial charge on any atom is 0.245 e. The number of likely N-dealkylation sites (N-methyl/N-ethyl adjacent to an activating group) is 2. The molecule has 2 unspecified atom stereocenters. The number of hydrogen-bond donors (Lipinski definition) is 3. The largest absolute Gasteiger partial charge is 0.379 e. The van der Waals surface area contributed by atoms with Gasteiger partial charge in [0.15, 0.2) is 0 Å². The number of aromatic nitrogens is 1. The number of nitrogens with one attached hydrogen (secondary N) is 2. The number of benzene rings is 1. The van der Waals surface area contributed by atoms with Gasteiger partial charge in [0.2, 0.25) is 17.7 Å². The number of fused-ring (bicyclic) bond motifs is 1. The van der Waals surface area contributed by atoms with Crippen LogP contribution in [0.1, 0.15) is 79.7 Å². The van der Waals surface area contributed by atoms with Crippen molar-refractivity contribution in [1.82, 2.24) is 30.3 Å². The molecule has 2 heterocycles. The van der Waals surface area contributed by atoms with Crippen molar-refractivity contribution in [3.8, 4) is 0 Å². The Morgan fingerprint density at radius 3 is 2.28 bits per heavy atom. The van der Waals surface area contributed by atoms with Crippen molar-refractivity contribution in [3.63, 3.8) is 0 Å². The molecule has 2 aromatic rings. The third kappa shape index (κ3) is 11.2. The number of carbonyl (C=O) groups is 3. The lowest BCUT2D eigenvalue weighted by molar-refractivity contribution is -0.147. The van der Waals surface area contributed by atoms with Crippen LogP contribution in [-0.2, 0) is 30.3 Å². The molecule has 304 valence electrons. The van der Waals surface area contributed by atoms with Gasteiger partial charge in [-0.2, -0.15) is 0 Å². The molecule has 0 radical (unpaired) electrons. The fourth-order valence-electron chi connectivity index (χ4n) is 8.38. The molecular weight excluding hydrogens is 684 g/mol. The van der Waals surface area contributed by atoms with E-state index in [-0.39, 0.29) is 59.9 Å². The Labute approximate surface area is 324 Å². The highest BCUT2D eigenvalue weighted by molar-refractivity contribution is 5.90. The van der Waals surface area contributed by atoms with Gasteiger partial charge >= 0.3 is 0 Å². The second-order valence-electron chi connectivity index (χ2n) is 16.2. The summed E-state index contributed by atoms with van der Waals surface area (Å²) >= 11 is 0. The number of aliphatic hydroxyl groups excluding tert-OH is 1. The molecule has 0 bridgehead atoms. The Kier molecular flexibility index (Phi) is 17.8. The molecule has 1 saturated heterocycles. The normalized spacial score (nSPS) is 19.4. The van der Waals surface area contributed by atoms with Gasteiger partial charge in [-0.15, -0.1) is 0 Å². The predicted molar refractivity (Wildman–Crippen MR) is 215 cm³/mol. The summed E-state index contributed by atoms with van der Waals surface area (Å²) in [6.45, 7) is 15.1. The smallest absolute Gasteiger partial charge is 0.245 e. The van der Waals surface area contributed by atoms with Crippen LogP contribution in [0.5, 0.6) is 0 Å². The summed E-state index contributed by atoms with van der Waals surface area (Å²) in [5, 5.41) is 18.7. The number of nitrogens with zero attached hydrogens (tertiary/aromatic N) is 4. The average molecular weight is 755 g/mol. The van der Waals surface area contributed by atoms with Crippen LogP contribution in [0.3, 0.4) is 0 Å². The first-order valence-corrected chi connectivity index (χ1v) is 19.9. The van der Waals surface area contributed by atoms with Crippen molar-refractivity contribution in [2.45, 2.75) is 123 Å². The molecular formula is C42H70N6O6. The number of hydrogen-bond acceptors (Lipinski definition) is 9. The second-order valence-corrected chi connectivity index (χ2v) is 16.2. The number of pyridine rings is 1. The van der Waals surface area contributed by atoms with Gasteiger partial charge in [-0.25, -0.2) is 0 Å². The van der Waals surface area contributed by atoms with Crippen molar-refractivity contribution in [3.05, 3.63) is 42.1 Å². The summed E-state index contributed by atoms with van der Waals surface area (Å²) in [6.07, 6.45) is 3.10. The van der Waals surface area contributed by atoms with E-state index in [2.05, 4.69) is 35.5 Å². The summed E-state index contributed by atoms with van der Waals surface area (Å²) < 4.78 is 12.1. The number of ether oxygens (including phenoxy) is 2. The Balaban J connectivity index is 1.72. The van der Waals surface area contributed by atoms with Gasteiger partial charge in [-0.05, 0) is 62.7 Å².